The summed E-state index contributed by atoms with van der Waals surface area (Å²) < 4.78 is 7.65. The van der Waals surface area contributed by atoms with Gasteiger partial charge >= 0.3 is 0 Å². The van der Waals surface area contributed by atoms with Crippen molar-refractivity contribution in [2.75, 3.05) is 19.0 Å². The quantitative estimate of drug-likeness (QED) is 0.783. The fourth-order valence-corrected chi connectivity index (χ4v) is 5.31. The molecule has 1 aromatic carbocycles. The number of ether oxygens (including phenoxy) is 1. The molecule has 0 saturated carbocycles. The lowest BCUT2D eigenvalue weighted by molar-refractivity contribution is 0.0564. The summed E-state index contributed by atoms with van der Waals surface area (Å²) >= 11 is 0. The van der Waals surface area contributed by atoms with E-state index in [2.05, 4.69) is 62.4 Å². The van der Waals surface area contributed by atoms with Crippen LogP contribution >= 0.6 is 0 Å². The van der Waals surface area contributed by atoms with Crippen molar-refractivity contribution in [2.45, 2.75) is 76.6 Å². The van der Waals surface area contributed by atoms with Crippen molar-refractivity contribution < 1.29 is 9.53 Å². The van der Waals surface area contributed by atoms with Crippen LogP contribution in [0.1, 0.15) is 75.3 Å². The number of amides is 1. The van der Waals surface area contributed by atoms with Crippen LogP contribution in [-0.2, 0) is 10.3 Å². The Morgan fingerprint density at radius 3 is 2.53 bits per heavy atom. The van der Waals surface area contributed by atoms with Gasteiger partial charge in [-0.25, -0.2) is 4.68 Å². The number of carbonyl (C=O) groups is 1. The zero-order valence-electron chi connectivity index (χ0n) is 18.8. The Kier molecular flexibility index (Phi) is 5.39. The number of aromatic nitrogens is 2. The maximum atomic E-state index is 13.8. The molecule has 2 aliphatic rings. The van der Waals surface area contributed by atoms with Crippen molar-refractivity contribution in [1.82, 2.24) is 14.7 Å². The highest BCUT2D eigenvalue weighted by atomic mass is 16.5. The molecule has 1 amide bonds. The van der Waals surface area contributed by atoms with Crippen LogP contribution in [0.15, 0.2) is 36.5 Å². The zero-order chi connectivity index (χ0) is 21.5. The Morgan fingerprint density at radius 1 is 1.20 bits per heavy atom. The van der Waals surface area contributed by atoms with Gasteiger partial charge in [0.1, 0.15) is 11.4 Å². The minimum Gasteiger partial charge on any atom is -0.380 e. The average molecular weight is 411 g/mol. The topological polar surface area (TPSA) is 59.4 Å². The number of likely N-dealkylation sites (tertiary alicyclic amines) is 1. The first kappa shape index (κ1) is 20.9. The summed E-state index contributed by atoms with van der Waals surface area (Å²) in [7, 11) is 1.74. The first-order chi connectivity index (χ1) is 14.3. The number of nitrogens with zero attached hydrogens (tertiary/aromatic N) is 3. The smallest absolute Gasteiger partial charge is 0.259 e. The SMILES string of the molecule is CCC1(CC)C[C@H](OC)CN1C(=O)c1cnn2c1N[C@@H](c1ccccc1)CC2(C)C. The number of methoxy groups -OCH3 is 1. The summed E-state index contributed by atoms with van der Waals surface area (Å²) in [6.07, 6.45) is 5.46. The Morgan fingerprint density at radius 2 is 1.90 bits per heavy atom. The highest BCUT2D eigenvalue weighted by molar-refractivity contribution is 5.99. The van der Waals surface area contributed by atoms with E-state index in [9.17, 15) is 4.79 Å². The van der Waals surface area contributed by atoms with Crippen molar-refractivity contribution in [2.24, 2.45) is 0 Å². The minimum absolute atomic E-state index is 0.0523. The molecule has 0 unspecified atom stereocenters. The van der Waals surface area contributed by atoms with E-state index in [-0.39, 0.29) is 29.1 Å². The lowest BCUT2D eigenvalue weighted by atomic mass is 9.88. The molecule has 1 saturated heterocycles. The van der Waals surface area contributed by atoms with Crippen LogP contribution in [0.4, 0.5) is 5.82 Å². The molecule has 4 rings (SSSR count). The van der Waals surface area contributed by atoms with Gasteiger partial charge in [-0.3, -0.25) is 4.79 Å². The van der Waals surface area contributed by atoms with Gasteiger partial charge in [0.05, 0.1) is 23.9 Å². The van der Waals surface area contributed by atoms with Crippen LogP contribution in [0.25, 0.3) is 0 Å². The van der Waals surface area contributed by atoms with Gasteiger partial charge in [0.15, 0.2) is 0 Å². The van der Waals surface area contributed by atoms with Crippen LogP contribution in [-0.4, -0.2) is 45.9 Å². The van der Waals surface area contributed by atoms with Gasteiger partial charge in [0, 0.05) is 19.2 Å². The maximum Gasteiger partial charge on any atom is 0.259 e. The molecule has 0 bridgehead atoms. The predicted molar refractivity (Wildman–Crippen MR) is 119 cm³/mol. The molecule has 1 fully saturated rings. The molecule has 1 aromatic heterocycles. The third-order valence-corrected chi connectivity index (χ3v) is 7.25. The monoisotopic (exact) mass is 410 g/mol. The number of nitrogens with one attached hydrogen (secondary N) is 1. The van der Waals surface area contributed by atoms with Gasteiger partial charge in [-0.2, -0.15) is 5.10 Å². The molecule has 1 N–H and O–H groups in total. The highest BCUT2D eigenvalue weighted by Gasteiger charge is 2.47. The van der Waals surface area contributed by atoms with E-state index < -0.39 is 0 Å². The molecule has 2 atom stereocenters. The van der Waals surface area contributed by atoms with Crippen molar-refractivity contribution in [3.8, 4) is 0 Å². The van der Waals surface area contributed by atoms with E-state index in [0.29, 0.717) is 12.1 Å². The van der Waals surface area contributed by atoms with Crippen molar-refractivity contribution in [3.05, 3.63) is 47.7 Å². The number of fused-ring (bicyclic) bond motifs is 1. The number of hydrogen-bond acceptors (Lipinski definition) is 4. The van der Waals surface area contributed by atoms with Crippen LogP contribution in [0.3, 0.4) is 0 Å². The fraction of sp³-hybridized carbons (Fsp3) is 0.583. The molecular formula is C24H34N4O2. The van der Waals surface area contributed by atoms with Gasteiger partial charge in [-0.15, -0.1) is 0 Å². The molecule has 0 spiro atoms. The van der Waals surface area contributed by atoms with Gasteiger partial charge in [0.25, 0.3) is 5.91 Å². The normalized spacial score (nSPS) is 24.4. The van der Waals surface area contributed by atoms with Crippen LogP contribution in [0.5, 0.6) is 0 Å². The highest BCUT2D eigenvalue weighted by Crippen LogP contribution is 2.42. The third-order valence-electron chi connectivity index (χ3n) is 7.25. The molecule has 6 heteroatoms. The zero-order valence-corrected chi connectivity index (χ0v) is 18.8. The van der Waals surface area contributed by atoms with Crippen LogP contribution < -0.4 is 5.32 Å². The molecule has 30 heavy (non-hydrogen) atoms. The summed E-state index contributed by atoms with van der Waals surface area (Å²) in [6, 6.07) is 10.6. The number of hydrogen-bond donors (Lipinski definition) is 1. The number of carbonyl (C=O) groups excluding carboxylic acids is 1. The summed E-state index contributed by atoms with van der Waals surface area (Å²) in [5, 5.41) is 8.28. The molecular weight excluding hydrogens is 376 g/mol. The van der Waals surface area contributed by atoms with Crippen LogP contribution in [0.2, 0.25) is 0 Å². The Bertz CT molecular complexity index is 901. The summed E-state index contributed by atoms with van der Waals surface area (Å²) in [4.78, 5) is 15.8. The van der Waals surface area contributed by atoms with E-state index in [4.69, 9.17) is 4.74 Å². The summed E-state index contributed by atoms with van der Waals surface area (Å²) in [5.41, 5.74) is 1.54. The molecule has 2 aliphatic heterocycles. The maximum absolute atomic E-state index is 13.8. The van der Waals surface area contributed by atoms with Gasteiger partial charge in [0.2, 0.25) is 0 Å². The third kappa shape index (κ3) is 3.31. The molecule has 0 aliphatic carbocycles. The second kappa shape index (κ2) is 7.73. The lowest BCUT2D eigenvalue weighted by Crippen LogP contribution is -2.47. The predicted octanol–water partition coefficient (Wildman–Crippen LogP) is 4.59. The summed E-state index contributed by atoms with van der Waals surface area (Å²) in [6.45, 7) is 9.35. The first-order valence-corrected chi connectivity index (χ1v) is 11.1. The second-order valence-corrected chi connectivity index (χ2v) is 9.35. The Balaban J connectivity index is 1.71. The van der Waals surface area contributed by atoms with Gasteiger partial charge in [-0.05, 0) is 45.1 Å². The van der Waals surface area contributed by atoms with E-state index >= 15 is 0 Å². The average Bonchev–Trinajstić information content (AvgIpc) is 3.36. The minimum atomic E-state index is -0.188. The largest absolute Gasteiger partial charge is 0.380 e. The van der Waals surface area contributed by atoms with Gasteiger partial charge in [-0.1, -0.05) is 44.2 Å². The molecule has 3 heterocycles. The number of benzene rings is 1. The fourth-order valence-electron chi connectivity index (χ4n) is 5.31. The Hall–Kier alpha value is -2.34. The lowest BCUT2D eigenvalue weighted by Gasteiger charge is -2.39. The van der Waals surface area contributed by atoms with Crippen molar-refractivity contribution >= 4 is 11.7 Å². The number of anilines is 1. The summed E-state index contributed by atoms with van der Waals surface area (Å²) in [5.74, 6) is 0.878. The number of rotatable bonds is 5. The van der Waals surface area contributed by atoms with Crippen LogP contribution in [0, 0.1) is 0 Å². The van der Waals surface area contributed by atoms with Crippen molar-refractivity contribution in [1.29, 1.82) is 0 Å². The van der Waals surface area contributed by atoms with Crippen molar-refractivity contribution in [3.63, 3.8) is 0 Å². The standard InChI is InChI=1S/C24H34N4O2/c1-6-24(7-2)13-18(30-5)16-27(24)22(29)19-15-25-28-21(19)26-20(14-23(28,3)4)17-11-9-8-10-12-17/h8-12,15,18,20,26H,6-7,13-14,16H2,1-5H3/t18-,20+/m0/s1. The van der Waals surface area contributed by atoms with E-state index in [0.717, 1.165) is 31.5 Å². The first-order valence-electron chi connectivity index (χ1n) is 11.1. The van der Waals surface area contributed by atoms with Gasteiger partial charge < -0.3 is 15.0 Å². The second-order valence-electron chi connectivity index (χ2n) is 9.35. The Labute approximate surface area is 179 Å². The van der Waals surface area contributed by atoms with E-state index in [1.54, 1.807) is 13.3 Å². The molecule has 2 aromatic rings. The molecule has 162 valence electrons. The van der Waals surface area contributed by atoms with E-state index in [1.807, 2.05) is 15.6 Å². The molecule has 6 nitrogen and oxygen atoms in total. The molecule has 0 radical (unpaired) electrons. The van der Waals surface area contributed by atoms with E-state index in [1.165, 1.54) is 5.56 Å².